The molecule has 0 amide bonds. The maximum atomic E-state index is 5.38. The molecular formula is C55H36N6. The normalized spacial score (nSPS) is 11.3. The molecular weight excluding hydrogens is 745 g/mol. The van der Waals surface area contributed by atoms with Crippen LogP contribution in [0.15, 0.2) is 218 Å². The molecule has 0 fully saturated rings. The van der Waals surface area contributed by atoms with Crippen molar-refractivity contribution in [3.8, 4) is 84.9 Å². The van der Waals surface area contributed by atoms with E-state index < -0.39 is 0 Å². The highest BCUT2D eigenvalue weighted by atomic mass is 15.0. The number of hydrogen-bond donors (Lipinski definition) is 0. The van der Waals surface area contributed by atoms with E-state index in [1.165, 1.54) is 0 Å². The Balaban J connectivity index is 1.20. The fourth-order valence-electron chi connectivity index (χ4n) is 8.22. The second-order valence-electron chi connectivity index (χ2n) is 14.9. The smallest absolute Gasteiger partial charge is 0.164 e. The number of nitrogens with zero attached hydrogens (tertiary/aromatic N) is 6. The van der Waals surface area contributed by atoms with Gasteiger partial charge in [-0.1, -0.05) is 182 Å². The van der Waals surface area contributed by atoms with Crippen molar-refractivity contribution >= 4 is 21.8 Å². The van der Waals surface area contributed by atoms with Crippen molar-refractivity contribution in [2.24, 2.45) is 0 Å². The van der Waals surface area contributed by atoms with Gasteiger partial charge in [-0.15, -0.1) is 0 Å². The van der Waals surface area contributed by atoms with Crippen LogP contribution in [0.1, 0.15) is 0 Å². The van der Waals surface area contributed by atoms with E-state index in [4.69, 9.17) is 24.9 Å². The first-order valence-electron chi connectivity index (χ1n) is 20.3. The summed E-state index contributed by atoms with van der Waals surface area (Å²) in [7, 11) is 0. The van der Waals surface area contributed by atoms with Gasteiger partial charge in [-0.05, 0) is 47.5 Å². The first-order valence-corrected chi connectivity index (χ1v) is 20.3. The van der Waals surface area contributed by atoms with Crippen molar-refractivity contribution < 1.29 is 0 Å². The summed E-state index contributed by atoms with van der Waals surface area (Å²) in [6.07, 6.45) is 0. The summed E-state index contributed by atoms with van der Waals surface area (Å²) in [5.41, 5.74) is 12.6. The van der Waals surface area contributed by atoms with Gasteiger partial charge in [0, 0.05) is 49.8 Å². The first kappa shape index (κ1) is 35.8. The molecule has 0 aliphatic carbocycles. The van der Waals surface area contributed by atoms with Crippen molar-refractivity contribution in [2.75, 3.05) is 0 Å². The molecule has 6 nitrogen and oxygen atoms in total. The Kier molecular flexibility index (Phi) is 9.06. The molecule has 0 bridgehead atoms. The van der Waals surface area contributed by atoms with E-state index in [0.717, 1.165) is 83.4 Å². The van der Waals surface area contributed by atoms with Crippen LogP contribution in [0.3, 0.4) is 0 Å². The van der Waals surface area contributed by atoms with E-state index in [2.05, 4.69) is 126 Å². The van der Waals surface area contributed by atoms with Crippen LogP contribution in [0.5, 0.6) is 0 Å². The lowest BCUT2D eigenvalue weighted by atomic mass is 9.93. The Morgan fingerprint density at radius 2 is 0.754 bits per heavy atom. The van der Waals surface area contributed by atoms with Gasteiger partial charge in [0.25, 0.3) is 0 Å². The van der Waals surface area contributed by atoms with Crippen LogP contribution in [-0.2, 0) is 0 Å². The van der Waals surface area contributed by atoms with Crippen molar-refractivity contribution in [1.29, 1.82) is 0 Å². The van der Waals surface area contributed by atoms with Crippen LogP contribution in [0.4, 0.5) is 0 Å². The first-order chi connectivity index (χ1) is 30.2. The second kappa shape index (κ2) is 15.4. The Hall–Kier alpha value is -8.35. The third kappa shape index (κ3) is 6.72. The minimum Gasteiger partial charge on any atom is -0.309 e. The van der Waals surface area contributed by atoms with Crippen molar-refractivity contribution in [3.63, 3.8) is 0 Å². The summed E-state index contributed by atoms with van der Waals surface area (Å²) >= 11 is 0. The van der Waals surface area contributed by atoms with E-state index in [1.54, 1.807) is 0 Å². The fourth-order valence-corrected chi connectivity index (χ4v) is 8.22. The summed E-state index contributed by atoms with van der Waals surface area (Å²) in [6.45, 7) is 0. The molecule has 0 spiro atoms. The topological polar surface area (TPSA) is 69.4 Å². The lowest BCUT2D eigenvalue weighted by Crippen LogP contribution is -2.01. The molecule has 0 N–H and O–H groups in total. The SMILES string of the molecule is c1ccc(-c2cc(-c3ccccc3)nc(-c3cc(-c4nc(-c5ccccc5)nc(-c5ccccc5)n4)ccc3-c3cccc4c3c3ccccc3n4-c3ccccc3)n2)cc1. The number of fused-ring (bicyclic) bond motifs is 3. The standard InChI is InChI=1S/C55H36N6/c1-6-19-37(20-7-1)47-36-48(38-21-8-2-9-22-38)57-55(56-47)46-35-41(54-59-52(39-23-10-3-11-24-39)58-53(60-54)40-25-12-4-13-26-40)33-34-43(46)44-30-18-32-50-51(44)45-29-16-17-31-49(45)61(50)42-27-14-5-15-28-42/h1-36H. The Bertz CT molecular complexity index is 3220. The Morgan fingerprint density at radius 1 is 0.279 bits per heavy atom. The van der Waals surface area contributed by atoms with E-state index in [9.17, 15) is 0 Å². The summed E-state index contributed by atoms with van der Waals surface area (Å²) in [4.78, 5) is 26.0. The monoisotopic (exact) mass is 780 g/mol. The van der Waals surface area contributed by atoms with E-state index >= 15 is 0 Å². The zero-order chi connectivity index (χ0) is 40.5. The number of hydrogen-bond acceptors (Lipinski definition) is 5. The second-order valence-corrected chi connectivity index (χ2v) is 14.9. The van der Waals surface area contributed by atoms with Crippen LogP contribution in [0.2, 0.25) is 0 Å². The molecule has 3 heterocycles. The minimum absolute atomic E-state index is 0.557. The number of rotatable bonds is 8. The summed E-state index contributed by atoms with van der Waals surface area (Å²) in [5.74, 6) is 2.35. The molecule has 61 heavy (non-hydrogen) atoms. The van der Waals surface area contributed by atoms with Gasteiger partial charge in [-0.3, -0.25) is 0 Å². The van der Waals surface area contributed by atoms with Gasteiger partial charge in [-0.25, -0.2) is 24.9 Å². The fraction of sp³-hybridized carbons (Fsp3) is 0. The molecule has 0 radical (unpaired) electrons. The molecule has 11 rings (SSSR count). The third-order valence-electron chi connectivity index (χ3n) is 11.1. The minimum atomic E-state index is 0.557. The predicted octanol–water partition coefficient (Wildman–Crippen LogP) is 13.4. The van der Waals surface area contributed by atoms with Gasteiger partial charge in [-0.2, -0.15) is 0 Å². The zero-order valence-electron chi connectivity index (χ0n) is 33.0. The highest BCUT2D eigenvalue weighted by Gasteiger charge is 2.22. The highest BCUT2D eigenvalue weighted by molar-refractivity contribution is 6.16. The van der Waals surface area contributed by atoms with Gasteiger partial charge < -0.3 is 4.57 Å². The van der Waals surface area contributed by atoms with Crippen LogP contribution in [0.25, 0.3) is 107 Å². The molecule has 0 atom stereocenters. The van der Waals surface area contributed by atoms with Crippen LogP contribution in [-0.4, -0.2) is 29.5 Å². The van der Waals surface area contributed by atoms with Crippen molar-refractivity contribution in [1.82, 2.24) is 29.5 Å². The number of aromatic nitrogens is 6. The maximum Gasteiger partial charge on any atom is 0.164 e. The summed E-state index contributed by atoms with van der Waals surface area (Å²) < 4.78 is 2.35. The number of benzene rings is 8. The van der Waals surface area contributed by atoms with Crippen molar-refractivity contribution in [3.05, 3.63) is 218 Å². The van der Waals surface area contributed by atoms with E-state index in [-0.39, 0.29) is 0 Å². The van der Waals surface area contributed by atoms with E-state index in [1.807, 2.05) is 97.1 Å². The molecule has 0 aliphatic heterocycles. The van der Waals surface area contributed by atoms with Gasteiger partial charge in [0.2, 0.25) is 0 Å². The zero-order valence-corrected chi connectivity index (χ0v) is 33.0. The summed E-state index contributed by atoms with van der Waals surface area (Å²) in [6, 6.07) is 75.1. The summed E-state index contributed by atoms with van der Waals surface area (Å²) in [5, 5.41) is 2.31. The van der Waals surface area contributed by atoms with Gasteiger partial charge in [0.15, 0.2) is 23.3 Å². The molecule has 0 saturated carbocycles. The average Bonchev–Trinajstić information content (AvgIpc) is 3.69. The largest absolute Gasteiger partial charge is 0.309 e. The van der Waals surface area contributed by atoms with E-state index in [0.29, 0.717) is 23.3 Å². The van der Waals surface area contributed by atoms with Crippen LogP contribution < -0.4 is 0 Å². The molecule has 286 valence electrons. The molecule has 0 aliphatic rings. The number of para-hydroxylation sites is 2. The maximum absolute atomic E-state index is 5.38. The Morgan fingerprint density at radius 3 is 1.33 bits per heavy atom. The highest BCUT2D eigenvalue weighted by Crippen LogP contribution is 2.43. The van der Waals surface area contributed by atoms with Crippen LogP contribution >= 0.6 is 0 Å². The Labute approximate surface area is 353 Å². The quantitative estimate of drug-likeness (QED) is 0.154. The molecule has 3 aromatic heterocycles. The van der Waals surface area contributed by atoms with Crippen LogP contribution in [0, 0.1) is 0 Å². The molecule has 6 heteroatoms. The predicted molar refractivity (Wildman–Crippen MR) is 248 cm³/mol. The lowest BCUT2D eigenvalue weighted by molar-refractivity contribution is 1.07. The lowest BCUT2D eigenvalue weighted by Gasteiger charge is -2.16. The third-order valence-corrected chi connectivity index (χ3v) is 11.1. The molecule has 0 saturated heterocycles. The van der Waals surface area contributed by atoms with Gasteiger partial charge in [0.05, 0.1) is 22.4 Å². The average molecular weight is 781 g/mol. The van der Waals surface area contributed by atoms with Gasteiger partial charge in [0.1, 0.15) is 0 Å². The van der Waals surface area contributed by atoms with Gasteiger partial charge >= 0.3 is 0 Å². The van der Waals surface area contributed by atoms with Crippen molar-refractivity contribution in [2.45, 2.75) is 0 Å². The molecule has 8 aromatic carbocycles. The molecule has 11 aromatic rings. The molecule has 0 unspecified atom stereocenters.